The molecule has 1 heterocycles. The molecule has 1 aliphatic heterocycles. The molecule has 0 aliphatic carbocycles. The van der Waals surface area contributed by atoms with Crippen molar-refractivity contribution in [2.45, 2.75) is 78.4 Å². The Hall–Kier alpha value is -0.570. The van der Waals surface area contributed by atoms with Crippen molar-refractivity contribution in [2.24, 2.45) is 5.92 Å². The molecule has 1 rings (SSSR count). The van der Waals surface area contributed by atoms with Crippen LogP contribution in [0.4, 0.5) is 0 Å². The molecule has 1 saturated heterocycles. The van der Waals surface area contributed by atoms with Gasteiger partial charge < -0.3 is 4.90 Å². The molecule has 3 nitrogen and oxygen atoms in total. The van der Waals surface area contributed by atoms with Crippen LogP contribution in [-0.4, -0.2) is 29.6 Å². The lowest BCUT2D eigenvalue weighted by Crippen LogP contribution is -2.37. The number of carbonyl (C=O) groups is 1. The first-order valence-electron chi connectivity index (χ1n) is 7.66. The zero-order valence-electron chi connectivity index (χ0n) is 12.5. The van der Waals surface area contributed by atoms with Crippen LogP contribution in [0.15, 0.2) is 0 Å². The number of hydrogen-bond donors (Lipinski definition) is 1. The van der Waals surface area contributed by atoms with Crippen LogP contribution in [0.25, 0.3) is 0 Å². The lowest BCUT2D eigenvalue weighted by molar-refractivity contribution is -0.130. The van der Waals surface area contributed by atoms with Crippen LogP contribution >= 0.6 is 0 Å². The number of carbonyl (C=O) groups excluding carboxylic acids is 1. The van der Waals surface area contributed by atoms with E-state index in [0.29, 0.717) is 5.91 Å². The average molecular weight is 254 g/mol. The number of hydrogen-bond acceptors (Lipinski definition) is 2. The molecular formula is C15H30N2O. The summed E-state index contributed by atoms with van der Waals surface area (Å²) in [6.07, 6.45) is 6.96. The fourth-order valence-electron chi connectivity index (χ4n) is 2.68. The summed E-state index contributed by atoms with van der Waals surface area (Å²) in [5, 5.41) is 3.47. The molecule has 0 spiro atoms. The summed E-state index contributed by atoms with van der Waals surface area (Å²) in [5.41, 5.74) is 0. The van der Waals surface area contributed by atoms with Crippen LogP contribution in [0.5, 0.6) is 0 Å². The van der Waals surface area contributed by atoms with E-state index in [1.807, 2.05) is 0 Å². The van der Waals surface area contributed by atoms with E-state index in [0.717, 1.165) is 38.1 Å². The molecule has 1 aliphatic rings. The molecule has 0 radical (unpaired) electrons. The van der Waals surface area contributed by atoms with Crippen molar-refractivity contribution in [1.82, 2.24) is 10.2 Å². The molecule has 1 fully saturated rings. The van der Waals surface area contributed by atoms with E-state index in [-0.39, 0.29) is 12.2 Å². The maximum Gasteiger partial charge on any atom is 0.241 e. The van der Waals surface area contributed by atoms with Crippen LogP contribution in [0.3, 0.4) is 0 Å². The van der Waals surface area contributed by atoms with Gasteiger partial charge in [-0.15, -0.1) is 0 Å². The van der Waals surface area contributed by atoms with Gasteiger partial charge in [0.05, 0.1) is 12.2 Å². The summed E-state index contributed by atoms with van der Waals surface area (Å²) in [7, 11) is 0. The van der Waals surface area contributed by atoms with Crippen molar-refractivity contribution in [1.29, 1.82) is 0 Å². The summed E-state index contributed by atoms with van der Waals surface area (Å²) in [6.45, 7) is 9.74. The van der Waals surface area contributed by atoms with Crippen molar-refractivity contribution in [2.75, 3.05) is 6.54 Å². The molecule has 0 aromatic rings. The molecule has 2 atom stereocenters. The summed E-state index contributed by atoms with van der Waals surface area (Å²) < 4.78 is 0. The molecule has 1 amide bonds. The van der Waals surface area contributed by atoms with Gasteiger partial charge in [0.15, 0.2) is 0 Å². The molecule has 2 unspecified atom stereocenters. The van der Waals surface area contributed by atoms with Gasteiger partial charge in [-0.1, -0.05) is 47.0 Å². The monoisotopic (exact) mass is 254 g/mol. The van der Waals surface area contributed by atoms with Crippen molar-refractivity contribution >= 4 is 5.91 Å². The van der Waals surface area contributed by atoms with Crippen molar-refractivity contribution in [3.05, 3.63) is 0 Å². The summed E-state index contributed by atoms with van der Waals surface area (Å²) in [5.74, 6) is 1.10. The molecule has 0 aromatic carbocycles. The van der Waals surface area contributed by atoms with Crippen molar-refractivity contribution in [3.8, 4) is 0 Å². The Morgan fingerprint density at radius 2 is 2.00 bits per heavy atom. The van der Waals surface area contributed by atoms with Gasteiger partial charge >= 0.3 is 0 Å². The van der Waals surface area contributed by atoms with Crippen LogP contribution in [0.2, 0.25) is 0 Å². The number of unbranched alkanes of at least 4 members (excludes halogenated alkanes) is 1. The standard InChI is InChI=1S/C15H30N2O/c1-5-9-13-15(18)17(14(6-2)16-13)11-8-7-10-12(3)4/h12-14,16H,5-11H2,1-4H3. The third-order valence-corrected chi connectivity index (χ3v) is 3.75. The van der Waals surface area contributed by atoms with E-state index in [1.165, 1.54) is 12.8 Å². The highest BCUT2D eigenvalue weighted by atomic mass is 16.2. The average Bonchev–Trinajstić information content (AvgIpc) is 2.62. The van der Waals surface area contributed by atoms with E-state index in [2.05, 4.69) is 37.9 Å². The topological polar surface area (TPSA) is 32.3 Å². The zero-order chi connectivity index (χ0) is 13.5. The SMILES string of the molecule is CCCC1NC(CC)N(CCCCC(C)C)C1=O. The van der Waals surface area contributed by atoms with E-state index >= 15 is 0 Å². The fraction of sp³-hybridized carbons (Fsp3) is 0.933. The number of nitrogens with one attached hydrogen (secondary N) is 1. The Kier molecular flexibility index (Phi) is 6.69. The Balaban J connectivity index is 2.39. The fourth-order valence-corrected chi connectivity index (χ4v) is 2.68. The molecular weight excluding hydrogens is 224 g/mol. The maximum absolute atomic E-state index is 12.3. The normalized spacial score (nSPS) is 24.3. The van der Waals surface area contributed by atoms with Crippen molar-refractivity contribution < 1.29 is 4.79 Å². The van der Waals surface area contributed by atoms with Gasteiger partial charge in [-0.25, -0.2) is 0 Å². The predicted molar refractivity (Wildman–Crippen MR) is 76.3 cm³/mol. The Morgan fingerprint density at radius 1 is 1.28 bits per heavy atom. The highest BCUT2D eigenvalue weighted by Gasteiger charge is 2.36. The van der Waals surface area contributed by atoms with Gasteiger partial charge in [-0.2, -0.15) is 0 Å². The van der Waals surface area contributed by atoms with Crippen LogP contribution in [0.1, 0.15) is 66.2 Å². The minimum absolute atomic E-state index is 0.0741. The van der Waals surface area contributed by atoms with Crippen LogP contribution in [-0.2, 0) is 4.79 Å². The van der Waals surface area contributed by atoms with E-state index in [9.17, 15) is 4.79 Å². The molecule has 18 heavy (non-hydrogen) atoms. The summed E-state index contributed by atoms with van der Waals surface area (Å²) in [4.78, 5) is 14.3. The number of amides is 1. The second-order valence-corrected chi connectivity index (χ2v) is 5.85. The molecule has 0 aromatic heterocycles. The van der Waals surface area contributed by atoms with Gasteiger partial charge in [0.1, 0.15) is 0 Å². The Labute approximate surface area is 112 Å². The zero-order valence-corrected chi connectivity index (χ0v) is 12.5. The number of rotatable bonds is 8. The minimum Gasteiger partial charge on any atom is -0.326 e. The third kappa shape index (κ3) is 4.27. The first-order valence-corrected chi connectivity index (χ1v) is 7.66. The molecule has 0 saturated carbocycles. The van der Waals surface area contributed by atoms with Crippen molar-refractivity contribution in [3.63, 3.8) is 0 Å². The second kappa shape index (κ2) is 7.78. The highest BCUT2D eigenvalue weighted by Crippen LogP contribution is 2.18. The summed E-state index contributed by atoms with van der Waals surface area (Å²) >= 11 is 0. The molecule has 1 N–H and O–H groups in total. The van der Waals surface area contributed by atoms with Gasteiger partial charge in [0, 0.05) is 6.54 Å². The van der Waals surface area contributed by atoms with Gasteiger partial charge in [0.2, 0.25) is 5.91 Å². The van der Waals surface area contributed by atoms with Crippen LogP contribution < -0.4 is 5.32 Å². The molecule has 3 heteroatoms. The first kappa shape index (κ1) is 15.5. The lowest BCUT2D eigenvalue weighted by Gasteiger charge is -2.23. The van der Waals surface area contributed by atoms with E-state index in [1.54, 1.807) is 0 Å². The third-order valence-electron chi connectivity index (χ3n) is 3.75. The quantitative estimate of drug-likeness (QED) is 0.675. The Bertz CT molecular complexity index is 253. The second-order valence-electron chi connectivity index (χ2n) is 5.85. The van der Waals surface area contributed by atoms with Gasteiger partial charge in [0.25, 0.3) is 0 Å². The Morgan fingerprint density at radius 3 is 2.56 bits per heavy atom. The number of nitrogens with zero attached hydrogens (tertiary/aromatic N) is 1. The predicted octanol–water partition coefficient (Wildman–Crippen LogP) is 3.15. The minimum atomic E-state index is 0.0741. The van der Waals surface area contributed by atoms with E-state index < -0.39 is 0 Å². The van der Waals surface area contributed by atoms with E-state index in [4.69, 9.17) is 0 Å². The lowest BCUT2D eigenvalue weighted by atomic mass is 10.1. The van der Waals surface area contributed by atoms with Crippen LogP contribution in [0, 0.1) is 5.92 Å². The largest absolute Gasteiger partial charge is 0.326 e. The van der Waals surface area contributed by atoms with Gasteiger partial charge in [-0.05, 0) is 25.2 Å². The summed E-state index contributed by atoms with van der Waals surface area (Å²) in [6, 6.07) is 0.0741. The molecule has 0 bridgehead atoms. The highest BCUT2D eigenvalue weighted by molar-refractivity contribution is 5.84. The first-order chi connectivity index (χ1) is 8.60. The van der Waals surface area contributed by atoms with Gasteiger partial charge in [-0.3, -0.25) is 10.1 Å². The molecule has 106 valence electrons. The maximum atomic E-state index is 12.3. The smallest absolute Gasteiger partial charge is 0.241 e.